The van der Waals surface area contributed by atoms with Crippen molar-refractivity contribution in [1.29, 1.82) is 0 Å². The molecule has 1 amide bonds. The summed E-state index contributed by atoms with van der Waals surface area (Å²) in [5.41, 5.74) is 1.35. The molecule has 2 heterocycles. The summed E-state index contributed by atoms with van der Waals surface area (Å²) in [6, 6.07) is 12.7. The summed E-state index contributed by atoms with van der Waals surface area (Å²) in [5, 5.41) is 6.91. The van der Waals surface area contributed by atoms with Crippen LogP contribution >= 0.6 is 0 Å². The van der Waals surface area contributed by atoms with Gasteiger partial charge >= 0.3 is 5.76 Å². The molecule has 0 spiro atoms. The van der Waals surface area contributed by atoms with Crippen molar-refractivity contribution in [3.05, 3.63) is 70.5 Å². The summed E-state index contributed by atoms with van der Waals surface area (Å²) in [4.78, 5) is 24.4. The summed E-state index contributed by atoms with van der Waals surface area (Å²) in [6.07, 6.45) is 0.636. The Morgan fingerprint density at radius 1 is 1.22 bits per heavy atom. The van der Waals surface area contributed by atoms with Crippen molar-refractivity contribution in [3.8, 4) is 17.2 Å². The molecule has 1 atom stereocenters. The molecular weight excluding hydrogens is 353 g/mol. The fourth-order valence-corrected chi connectivity index (χ4v) is 2.98. The van der Waals surface area contributed by atoms with Crippen molar-refractivity contribution in [1.82, 2.24) is 15.1 Å². The van der Waals surface area contributed by atoms with Crippen LogP contribution in [0, 0.1) is 5.82 Å². The van der Waals surface area contributed by atoms with Crippen molar-refractivity contribution < 1.29 is 18.3 Å². The van der Waals surface area contributed by atoms with Crippen LogP contribution in [0.25, 0.3) is 11.5 Å². The maximum Gasteiger partial charge on any atom is 0.437 e. The Balaban J connectivity index is 1.48. The molecule has 0 fully saturated rings. The summed E-state index contributed by atoms with van der Waals surface area (Å²) in [7, 11) is 0. The van der Waals surface area contributed by atoms with Gasteiger partial charge in [0.25, 0.3) is 0 Å². The minimum Gasteiger partial charge on any atom is -0.493 e. The van der Waals surface area contributed by atoms with Crippen LogP contribution in [0.1, 0.15) is 18.0 Å². The predicted octanol–water partition coefficient (Wildman–Crippen LogP) is 2.28. The number of nitrogens with zero attached hydrogens (tertiary/aromatic N) is 2. The van der Waals surface area contributed by atoms with E-state index in [4.69, 9.17) is 9.15 Å². The van der Waals surface area contributed by atoms with Crippen LogP contribution < -0.4 is 15.8 Å². The topological polar surface area (TPSA) is 86.4 Å². The second-order valence-corrected chi connectivity index (χ2v) is 6.13. The molecule has 0 saturated carbocycles. The molecule has 2 aromatic carbocycles. The van der Waals surface area contributed by atoms with Gasteiger partial charge in [0, 0.05) is 17.5 Å². The number of benzene rings is 2. The molecule has 0 aliphatic carbocycles. The highest BCUT2D eigenvalue weighted by molar-refractivity contribution is 5.76. The zero-order valence-corrected chi connectivity index (χ0v) is 14.2. The summed E-state index contributed by atoms with van der Waals surface area (Å²) in [5.74, 6) is -0.748. The number of rotatable bonds is 4. The van der Waals surface area contributed by atoms with E-state index in [9.17, 15) is 14.0 Å². The lowest BCUT2D eigenvalue weighted by molar-refractivity contribution is -0.122. The van der Waals surface area contributed by atoms with Crippen molar-refractivity contribution in [2.45, 2.75) is 19.0 Å². The van der Waals surface area contributed by atoms with Gasteiger partial charge in [0.1, 0.15) is 18.1 Å². The lowest BCUT2D eigenvalue weighted by Crippen LogP contribution is -2.36. The van der Waals surface area contributed by atoms with Crippen LogP contribution in [0.3, 0.4) is 0 Å². The first-order chi connectivity index (χ1) is 13.1. The van der Waals surface area contributed by atoms with E-state index in [-0.39, 0.29) is 24.4 Å². The minimum absolute atomic E-state index is 0.0317. The highest BCUT2D eigenvalue weighted by atomic mass is 19.1. The average molecular weight is 369 g/mol. The SMILES string of the molecule is O=C(Cn1nc(-c2ccc(F)cc2)oc1=O)NC1CCOc2ccccc21. The predicted molar refractivity (Wildman–Crippen MR) is 93.6 cm³/mol. The average Bonchev–Trinajstić information content (AvgIpc) is 3.03. The second kappa shape index (κ2) is 7.06. The van der Waals surface area contributed by atoms with Crippen LogP contribution in [0.15, 0.2) is 57.7 Å². The number of ether oxygens (including phenoxy) is 1. The van der Waals surface area contributed by atoms with E-state index < -0.39 is 11.6 Å². The fraction of sp³-hybridized carbons (Fsp3) is 0.211. The first-order valence-electron chi connectivity index (χ1n) is 8.45. The molecular formula is C19H16FN3O4. The maximum absolute atomic E-state index is 13.0. The van der Waals surface area contributed by atoms with Gasteiger partial charge in [0.2, 0.25) is 11.8 Å². The smallest absolute Gasteiger partial charge is 0.437 e. The first kappa shape index (κ1) is 17.0. The number of para-hydroxylation sites is 1. The van der Waals surface area contributed by atoms with E-state index in [2.05, 4.69) is 10.4 Å². The number of carbonyl (C=O) groups is 1. The van der Waals surface area contributed by atoms with Crippen LogP contribution in [-0.4, -0.2) is 22.3 Å². The van der Waals surface area contributed by atoms with Gasteiger partial charge in [-0.1, -0.05) is 18.2 Å². The first-order valence-corrected chi connectivity index (χ1v) is 8.45. The van der Waals surface area contributed by atoms with Crippen LogP contribution in [0.2, 0.25) is 0 Å². The highest BCUT2D eigenvalue weighted by Crippen LogP contribution is 2.31. The summed E-state index contributed by atoms with van der Waals surface area (Å²) >= 11 is 0. The third-order valence-electron chi connectivity index (χ3n) is 4.28. The van der Waals surface area contributed by atoms with Gasteiger partial charge in [-0.05, 0) is 30.3 Å². The number of carbonyl (C=O) groups excluding carboxylic acids is 1. The molecule has 1 N–H and O–H groups in total. The van der Waals surface area contributed by atoms with Gasteiger partial charge in [0.15, 0.2) is 0 Å². The molecule has 8 heteroatoms. The van der Waals surface area contributed by atoms with E-state index in [1.165, 1.54) is 24.3 Å². The quantitative estimate of drug-likeness (QED) is 0.763. The van der Waals surface area contributed by atoms with Crippen LogP contribution in [-0.2, 0) is 11.3 Å². The van der Waals surface area contributed by atoms with E-state index in [0.717, 1.165) is 16.0 Å². The number of hydrogen-bond acceptors (Lipinski definition) is 5. The van der Waals surface area contributed by atoms with E-state index >= 15 is 0 Å². The molecule has 4 rings (SSSR count). The van der Waals surface area contributed by atoms with Gasteiger partial charge < -0.3 is 14.5 Å². The standard InChI is InChI=1S/C19H16FN3O4/c20-13-7-5-12(6-8-13)18-22-23(19(25)27-18)11-17(24)21-15-9-10-26-16-4-2-1-3-14(15)16/h1-8,15H,9-11H2,(H,21,24). The van der Waals surface area contributed by atoms with Crippen LogP contribution in [0.5, 0.6) is 5.75 Å². The zero-order chi connectivity index (χ0) is 18.8. The highest BCUT2D eigenvalue weighted by Gasteiger charge is 2.23. The third-order valence-corrected chi connectivity index (χ3v) is 4.28. The van der Waals surface area contributed by atoms with Gasteiger partial charge in [-0.25, -0.2) is 9.18 Å². The van der Waals surface area contributed by atoms with Gasteiger partial charge in [-0.2, -0.15) is 4.68 Å². The molecule has 0 saturated heterocycles. The Bertz CT molecular complexity index is 1030. The molecule has 27 heavy (non-hydrogen) atoms. The summed E-state index contributed by atoms with van der Waals surface area (Å²) in [6.45, 7) is 0.226. The molecule has 1 aromatic heterocycles. The van der Waals surface area contributed by atoms with E-state index in [1.807, 2.05) is 24.3 Å². The number of amides is 1. The normalized spacial score (nSPS) is 15.7. The Labute approximate surface area is 153 Å². The van der Waals surface area contributed by atoms with Gasteiger partial charge in [-0.15, -0.1) is 5.10 Å². The molecule has 0 bridgehead atoms. The molecule has 1 unspecified atom stereocenters. The molecule has 7 nitrogen and oxygen atoms in total. The molecule has 1 aliphatic heterocycles. The Morgan fingerprint density at radius 3 is 2.81 bits per heavy atom. The lowest BCUT2D eigenvalue weighted by Gasteiger charge is -2.26. The van der Waals surface area contributed by atoms with Gasteiger partial charge in [-0.3, -0.25) is 4.79 Å². The number of halogens is 1. The van der Waals surface area contributed by atoms with E-state index in [0.29, 0.717) is 18.6 Å². The summed E-state index contributed by atoms with van der Waals surface area (Å²) < 4.78 is 24.6. The Kier molecular flexibility index (Phi) is 4.45. The van der Waals surface area contributed by atoms with Gasteiger partial charge in [0.05, 0.1) is 12.6 Å². The third kappa shape index (κ3) is 3.59. The maximum atomic E-state index is 13.0. The molecule has 1 aliphatic rings. The van der Waals surface area contributed by atoms with Crippen molar-refractivity contribution in [2.24, 2.45) is 0 Å². The fourth-order valence-electron chi connectivity index (χ4n) is 2.98. The second-order valence-electron chi connectivity index (χ2n) is 6.13. The minimum atomic E-state index is -0.753. The molecule has 3 aromatic rings. The van der Waals surface area contributed by atoms with Crippen molar-refractivity contribution in [2.75, 3.05) is 6.61 Å². The molecule has 138 valence electrons. The van der Waals surface area contributed by atoms with Crippen molar-refractivity contribution in [3.63, 3.8) is 0 Å². The number of fused-ring (bicyclic) bond motifs is 1. The number of nitrogens with one attached hydrogen (secondary N) is 1. The largest absolute Gasteiger partial charge is 0.493 e. The molecule has 0 radical (unpaired) electrons. The number of aromatic nitrogens is 2. The zero-order valence-electron chi connectivity index (χ0n) is 14.2. The van der Waals surface area contributed by atoms with E-state index in [1.54, 1.807) is 0 Å². The lowest BCUT2D eigenvalue weighted by atomic mass is 10.0. The number of hydrogen-bond donors (Lipinski definition) is 1. The van der Waals surface area contributed by atoms with Crippen LogP contribution in [0.4, 0.5) is 4.39 Å². The van der Waals surface area contributed by atoms with Crippen molar-refractivity contribution >= 4 is 5.91 Å². The Hall–Kier alpha value is -3.42. The Morgan fingerprint density at radius 2 is 2.00 bits per heavy atom. The monoisotopic (exact) mass is 369 g/mol.